The first kappa shape index (κ1) is 18.7. The Bertz CT molecular complexity index is 1040. The summed E-state index contributed by atoms with van der Waals surface area (Å²) in [7, 11) is 0. The molecule has 0 N–H and O–H groups in total. The van der Waals surface area contributed by atoms with E-state index in [1.165, 1.54) is 11.6 Å². The number of pyridine rings is 1. The molecule has 1 aliphatic heterocycles. The van der Waals surface area contributed by atoms with Gasteiger partial charge in [-0.2, -0.15) is 0 Å². The first-order valence-electron chi connectivity index (χ1n) is 9.43. The fourth-order valence-electron chi connectivity index (χ4n) is 3.66. The van der Waals surface area contributed by atoms with Crippen LogP contribution in [0.2, 0.25) is 5.02 Å². The van der Waals surface area contributed by atoms with Gasteiger partial charge >= 0.3 is 0 Å². The van der Waals surface area contributed by atoms with Gasteiger partial charge in [0, 0.05) is 55.4 Å². The molecule has 0 aliphatic carbocycles. The second-order valence-electron chi connectivity index (χ2n) is 7.11. The van der Waals surface area contributed by atoms with Gasteiger partial charge in [-0.25, -0.2) is 0 Å². The molecule has 0 unspecified atom stereocenters. The SMILES string of the molecule is O=C(Cn1ccc(=O)c2cc(Cl)ccc21)N1CCN(Cc2ccccc2)CC1. The van der Waals surface area contributed by atoms with E-state index in [0.29, 0.717) is 10.4 Å². The van der Waals surface area contributed by atoms with Crippen LogP contribution in [0.1, 0.15) is 5.56 Å². The van der Waals surface area contributed by atoms with Crippen molar-refractivity contribution >= 4 is 28.4 Å². The maximum Gasteiger partial charge on any atom is 0.242 e. The standard InChI is InChI=1S/C22H22ClN3O2/c23-18-6-7-20-19(14-18)21(27)8-9-26(20)16-22(28)25-12-10-24(11-13-25)15-17-4-2-1-3-5-17/h1-9,14H,10-13,15-16H2. The van der Waals surface area contributed by atoms with Gasteiger partial charge in [0.15, 0.2) is 5.43 Å². The Labute approximate surface area is 168 Å². The van der Waals surface area contributed by atoms with E-state index < -0.39 is 0 Å². The van der Waals surface area contributed by atoms with Gasteiger partial charge in [0.2, 0.25) is 5.91 Å². The lowest BCUT2D eigenvalue weighted by Gasteiger charge is -2.35. The maximum absolute atomic E-state index is 12.8. The molecule has 28 heavy (non-hydrogen) atoms. The summed E-state index contributed by atoms with van der Waals surface area (Å²) >= 11 is 6.01. The van der Waals surface area contributed by atoms with E-state index in [9.17, 15) is 9.59 Å². The Morgan fingerprint density at radius 1 is 0.964 bits per heavy atom. The first-order valence-corrected chi connectivity index (χ1v) is 9.81. The van der Waals surface area contributed by atoms with Gasteiger partial charge in [-0.1, -0.05) is 41.9 Å². The second-order valence-corrected chi connectivity index (χ2v) is 7.55. The zero-order valence-corrected chi connectivity index (χ0v) is 16.3. The molecule has 3 aromatic rings. The maximum atomic E-state index is 12.8. The Hall–Kier alpha value is -2.63. The van der Waals surface area contributed by atoms with Crippen LogP contribution in [0.4, 0.5) is 0 Å². The Morgan fingerprint density at radius 3 is 2.46 bits per heavy atom. The van der Waals surface area contributed by atoms with E-state index in [1.807, 2.05) is 15.5 Å². The largest absolute Gasteiger partial charge is 0.339 e. The van der Waals surface area contributed by atoms with Crippen LogP contribution in [0.3, 0.4) is 0 Å². The number of benzene rings is 2. The molecule has 0 spiro atoms. The summed E-state index contributed by atoms with van der Waals surface area (Å²) < 4.78 is 1.83. The highest BCUT2D eigenvalue weighted by Crippen LogP contribution is 2.17. The molecule has 0 bridgehead atoms. The van der Waals surface area contributed by atoms with E-state index >= 15 is 0 Å². The number of amides is 1. The molecule has 1 aliphatic rings. The molecule has 0 saturated carbocycles. The van der Waals surface area contributed by atoms with Crippen molar-refractivity contribution < 1.29 is 4.79 Å². The van der Waals surface area contributed by atoms with Gasteiger partial charge in [-0.15, -0.1) is 0 Å². The first-order chi connectivity index (χ1) is 13.6. The van der Waals surface area contributed by atoms with E-state index in [4.69, 9.17) is 11.6 Å². The molecule has 1 fully saturated rings. The predicted molar refractivity (Wildman–Crippen MR) is 112 cm³/mol. The topological polar surface area (TPSA) is 45.6 Å². The van der Waals surface area contributed by atoms with Crippen molar-refractivity contribution in [1.29, 1.82) is 0 Å². The van der Waals surface area contributed by atoms with E-state index in [-0.39, 0.29) is 17.9 Å². The minimum Gasteiger partial charge on any atom is -0.339 e. The Kier molecular flexibility index (Phi) is 5.46. The predicted octanol–water partition coefficient (Wildman–Crippen LogP) is 3.00. The third-order valence-corrected chi connectivity index (χ3v) is 5.45. The van der Waals surface area contributed by atoms with Crippen LogP contribution in [0, 0.1) is 0 Å². The minimum atomic E-state index is -0.0873. The molecule has 1 amide bonds. The number of aromatic nitrogens is 1. The number of rotatable bonds is 4. The number of halogens is 1. The number of carbonyl (C=O) groups is 1. The molecule has 144 valence electrons. The van der Waals surface area contributed by atoms with Gasteiger partial charge in [-0.05, 0) is 23.8 Å². The molecule has 1 aromatic heterocycles. The van der Waals surface area contributed by atoms with Crippen molar-refractivity contribution in [2.24, 2.45) is 0 Å². The van der Waals surface area contributed by atoms with Crippen LogP contribution in [0.15, 0.2) is 65.6 Å². The average molecular weight is 396 g/mol. The van der Waals surface area contributed by atoms with Crippen LogP contribution in [0.25, 0.3) is 10.9 Å². The number of carbonyl (C=O) groups excluding carboxylic acids is 1. The van der Waals surface area contributed by atoms with Gasteiger partial charge in [-0.3, -0.25) is 14.5 Å². The van der Waals surface area contributed by atoms with Crippen LogP contribution >= 0.6 is 11.6 Å². The molecule has 0 radical (unpaired) electrons. The van der Waals surface area contributed by atoms with E-state index in [1.54, 1.807) is 24.4 Å². The number of nitrogens with zero attached hydrogens (tertiary/aromatic N) is 3. The highest BCUT2D eigenvalue weighted by atomic mass is 35.5. The molecule has 2 aromatic carbocycles. The van der Waals surface area contributed by atoms with Crippen molar-refractivity contribution in [3.63, 3.8) is 0 Å². The molecule has 2 heterocycles. The zero-order chi connectivity index (χ0) is 19.5. The molecule has 5 nitrogen and oxygen atoms in total. The summed E-state index contributed by atoms with van der Waals surface area (Å²) in [6.07, 6.45) is 1.68. The number of fused-ring (bicyclic) bond motifs is 1. The van der Waals surface area contributed by atoms with Crippen LogP contribution in [-0.4, -0.2) is 46.5 Å². The highest BCUT2D eigenvalue weighted by Gasteiger charge is 2.21. The van der Waals surface area contributed by atoms with Crippen LogP contribution in [-0.2, 0) is 17.9 Å². The smallest absolute Gasteiger partial charge is 0.242 e. The molecule has 1 saturated heterocycles. The van der Waals surface area contributed by atoms with Crippen LogP contribution in [0.5, 0.6) is 0 Å². The summed E-state index contributed by atoms with van der Waals surface area (Å²) in [6.45, 7) is 4.29. The fraction of sp³-hybridized carbons (Fsp3) is 0.273. The van der Waals surface area contributed by atoms with Gasteiger partial charge < -0.3 is 9.47 Å². The number of piperazine rings is 1. The Morgan fingerprint density at radius 2 is 1.71 bits per heavy atom. The average Bonchev–Trinajstić information content (AvgIpc) is 2.71. The number of hydrogen-bond donors (Lipinski definition) is 0. The zero-order valence-electron chi connectivity index (χ0n) is 15.6. The van der Waals surface area contributed by atoms with Crippen molar-refractivity contribution in [3.8, 4) is 0 Å². The summed E-state index contributed by atoms with van der Waals surface area (Å²) in [5.41, 5.74) is 1.93. The van der Waals surface area contributed by atoms with Crippen LogP contribution < -0.4 is 5.43 Å². The highest BCUT2D eigenvalue weighted by molar-refractivity contribution is 6.31. The van der Waals surface area contributed by atoms with Crippen molar-refractivity contribution in [2.75, 3.05) is 26.2 Å². The normalized spacial score (nSPS) is 15.1. The minimum absolute atomic E-state index is 0.0688. The fourth-order valence-corrected chi connectivity index (χ4v) is 3.84. The van der Waals surface area contributed by atoms with Gasteiger partial charge in [0.05, 0.1) is 5.52 Å². The third-order valence-electron chi connectivity index (χ3n) is 5.22. The van der Waals surface area contributed by atoms with E-state index in [0.717, 1.165) is 38.2 Å². The number of hydrogen-bond acceptors (Lipinski definition) is 3. The second kappa shape index (κ2) is 8.17. The monoisotopic (exact) mass is 395 g/mol. The molecule has 4 rings (SSSR count). The van der Waals surface area contributed by atoms with Gasteiger partial charge in [0.1, 0.15) is 6.54 Å². The molecular weight excluding hydrogens is 374 g/mol. The quantitative estimate of drug-likeness (QED) is 0.682. The summed E-state index contributed by atoms with van der Waals surface area (Å²) in [6, 6.07) is 17.1. The summed E-state index contributed by atoms with van der Waals surface area (Å²) in [4.78, 5) is 29.2. The van der Waals surface area contributed by atoms with Crippen molar-refractivity contribution in [2.45, 2.75) is 13.1 Å². The molecular formula is C22H22ClN3O2. The Balaban J connectivity index is 1.41. The summed E-state index contributed by atoms with van der Waals surface area (Å²) in [5, 5.41) is 1.05. The van der Waals surface area contributed by atoms with Crippen molar-refractivity contribution in [1.82, 2.24) is 14.4 Å². The molecule has 0 atom stereocenters. The lowest BCUT2D eigenvalue weighted by Crippen LogP contribution is -2.49. The summed E-state index contributed by atoms with van der Waals surface area (Å²) in [5.74, 6) is 0.0688. The third kappa shape index (κ3) is 4.11. The lowest BCUT2D eigenvalue weighted by molar-refractivity contribution is -0.133. The van der Waals surface area contributed by atoms with E-state index in [2.05, 4.69) is 29.2 Å². The lowest BCUT2D eigenvalue weighted by atomic mass is 10.2. The molecule has 6 heteroatoms. The van der Waals surface area contributed by atoms with Crippen molar-refractivity contribution in [3.05, 3.63) is 81.6 Å². The van der Waals surface area contributed by atoms with Gasteiger partial charge in [0.25, 0.3) is 0 Å².